The topological polar surface area (TPSA) is 20.3 Å². The van der Waals surface area contributed by atoms with Crippen molar-refractivity contribution < 1.29 is 4.79 Å². The molecule has 2 nitrogen and oxygen atoms in total. The third-order valence-corrected chi connectivity index (χ3v) is 1.55. The molecule has 2 heteroatoms. The Hall–Kier alpha value is -0.530. The van der Waals surface area contributed by atoms with Crippen molar-refractivity contribution in [1.29, 1.82) is 0 Å². The van der Waals surface area contributed by atoms with Crippen LogP contribution in [0.4, 0.5) is 0 Å². The zero-order valence-electron chi connectivity index (χ0n) is 8.27. The lowest BCUT2D eigenvalue weighted by Crippen LogP contribution is -2.36. The summed E-state index contributed by atoms with van der Waals surface area (Å²) in [5.74, 6) is 0.222. The van der Waals surface area contributed by atoms with E-state index in [9.17, 15) is 4.79 Å². The number of carbonyl (C=O) groups is 1. The summed E-state index contributed by atoms with van der Waals surface area (Å²) in [4.78, 5) is 13.3. The summed E-state index contributed by atoms with van der Waals surface area (Å²) in [5.41, 5.74) is -0.232. The third kappa shape index (κ3) is 3.40. The van der Waals surface area contributed by atoms with E-state index in [1.807, 2.05) is 27.8 Å². The van der Waals surface area contributed by atoms with E-state index in [1.54, 1.807) is 4.90 Å². The monoisotopic (exact) mass is 157 g/mol. The highest BCUT2D eigenvalue weighted by atomic mass is 16.2. The average molecular weight is 157 g/mol. The van der Waals surface area contributed by atoms with E-state index in [0.717, 1.165) is 13.0 Å². The number of nitrogens with zero attached hydrogens (tertiary/aromatic N) is 1. The molecule has 0 N–H and O–H groups in total. The molecule has 0 saturated carbocycles. The number of rotatable bonds is 2. The Balaban J connectivity index is 4.03. The molecule has 66 valence electrons. The largest absolute Gasteiger partial charge is 0.345 e. The van der Waals surface area contributed by atoms with Crippen LogP contribution < -0.4 is 0 Å². The van der Waals surface area contributed by atoms with E-state index in [2.05, 4.69) is 6.92 Å². The van der Waals surface area contributed by atoms with Gasteiger partial charge in [-0.2, -0.15) is 0 Å². The van der Waals surface area contributed by atoms with Crippen LogP contribution in [0.15, 0.2) is 0 Å². The Bertz CT molecular complexity index is 135. The van der Waals surface area contributed by atoms with Crippen molar-refractivity contribution in [1.82, 2.24) is 4.90 Å². The van der Waals surface area contributed by atoms with E-state index in [1.165, 1.54) is 0 Å². The first-order valence-corrected chi connectivity index (χ1v) is 4.15. The number of amides is 1. The fraction of sp³-hybridized carbons (Fsp3) is 0.889. The summed E-state index contributed by atoms with van der Waals surface area (Å²) in [6.45, 7) is 8.77. The molecule has 0 spiro atoms. The second-order valence-electron chi connectivity index (χ2n) is 3.98. The molecule has 0 radical (unpaired) electrons. The number of carbonyl (C=O) groups excluding carboxylic acids is 1. The molecule has 0 aromatic carbocycles. The van der Waals surface area contributed by atoms with Crippen LogP contribution in [-0.2, 0) is 4.79 Å². The first kappa shape index (κ1) is 10.5. The van der Waals surface area contributed by atoms with Gasteiger partial charge in [0.25, 0.3) is 0 Å². The van der Waals surface area contributed by atoms with Crippen molar-refractivity contribution in [2.75, 3.05) is 13.6 Å². The summed E-state index contributed by atoms with van der Waals surface area (Å²) in [6, 6.07) is 0. The lowest BCUT2D eigenvalue weighted by Gasteiger charge is -2.25. The molecule has 0 rings (SSSR count). The fourth-order valence-electron chi connectivity index (χ4n) is 1.01. The zero-order valence-corrected chi connectivity index (χ0v) is 8.27. The van der Waals surface area contributed by atoms with Gasteiger partial charge in [0.15, 0.2) is 0 Å². The molecular formula is C9H19NO. The highest BCUT2D eigenvalue weighted by Crippen LogP contribution is 2.16. The molecule has 0 fully saturated rings. The van der Waals surface area contributed by atoms with Crippen molar-refractivity contribution in [2.45, 2.75) is 34.1 Å². The quantitative estimate of drug-likeness (QED) is 0.599. The Labute approximate surface area is 69.6 Å². The van der Waals surface area contributed by atoms with Gasteiger partial charge in [-0.05, 0) is 6.42 Å². The fourth-order valence-corrected chi connectivity index (χ4v) is 1.01. The van der Waals surface area contributed by atoms with Crippen LogP contribution in [0.25, 0.3) is 0 Å². The van der Waals surface area contributed by atoms with E-state index >= 15 is 0 Å². The Morgan fingerprint density at radius 1 is 1.36 bits per heavy atom. The van der Waals surface area contributed by atoms with Gasteiger partial charge in [-0.15, -0.1) is 0 Å². The molecule has 0 aliphatic rings. The minimum absolute atomic E-state index is 0.222. The zero-order chi connectivity index (χ0) is 9.07. The molecule has 0 aromatic heterocycles. The molecule has 0 bridgehead atoms. The molecule has 0 aliphatic heterocycles. The lowest BCUT2D eigenvalue weighted by atomic mass is 9.95. The van der Waals surface area contributed by atoms with Gasteiger partial charge >= 0.3 is 0 Å². The standard InChI is InChI=1S/C9H19NO/c1-6-7-10(5)8(11)9(2,3)4/h6-7H2,1-5H3. The maximum atomic E-state index is 11.5. The second-order valence-corrected chi connectivity index (χ2v) is 3.98. The van der Waals surface area contributed by atoms with Gasteiger partial charge in [-0.25, -0.2) is 0 Å². The van der Waals surface area contributed by atoms with Crippen LogP contribution in [0.1, 0.15) is 34.1 Å². The minimum atomic E-state index is -0.232. The van der Waals surface area contributed by atoms with Crippen molar-refractivity contribution in [3.05, 3.63) is 0 Å². The summed E-state index contributed by atoms with van der Waals surface area (Å²) < 4.78 is 0. The summed E-state index contributed by atoms with van der Waals surface area (Å²) in [7, 11) is 1.86. The van der Waals surface area contributed by atoms with Crippen molar-refractivity contribution in [2.24, 2.45) is 5.41 Å². The van der Waals surface area contributed by atoms with Gasteiger partial charge in [0.1, 0.15) is 0 Å². The molecule has 0 aliphatic carbocycles. The van der Waals surface area contributed by atoms with E-state index in [0.29, 0.717) is 0 Å². The van der Waals surface area contributed by atoms with Crippen molar-refractivity contribution in [3.63, 3.8) is 0 Å². The third-order valence-electron chi connectivity index (χ3n) is 1.55. The van der Waals surface area contributed by atoms with E-state index < -0.39 is 0 Å². The van der Waals surface area contributed by atoms with Crippen LogP contribution in [0.5, 0.6) is 0 Å². The van der Waals surface area contributed by atoms with Crippen LogP contribution >= 0.6 is 0 Å². The summed E-state index contributed by atoms with van der Waals surface area (Å²) >= 11 is 0. The molecule has 1 amide bonds. The van der Waals surface area contributed by atoms with E-state index in [-0.39, 0.29) is 11.3 Å². The minimum Gasteiger partial charge on any atom is -0.345 e. The van der Waals surface area contributed by atoms with Crippen LogP contribution in [0, 0.1) is 5.41 Å². The highest BCUT2D eigenvalue weighted by molar-refractivity contribution is 5.81. The first-order chi connectivity index (χ1) is 4.89. The molecular weight excluding hydrogens is 138 g/mol. The maximum absolute atomic E-state index is 11.5. The maximum Gasteiger partial charge on any atom is 0.227 e. The van der Waals surface area contributed by atoms with Gasteiger partial charge in [0, 0.05) is 19.0 Å². The normalized spacial score (nSPS) is 11.4. The Morgan fingerprint density at radius 3 is 2.09 bits per heavy atom. The van der Waals surface area contributed by atoms with Crippen molar-refractivity contribution in [3.8, 4) is 0 Å². The number of hydrogen-bond acceptors (Lipinski definition) is 1. The highest BCUT2D eigenvalue weighted by Gasteiger charge is 2.23. The second kappa shape index (κ2) is 3.74. The predicted molar refractivity (Wildman–Crippen MR) is 47.4 cm³/mol. The van der Waals surface area contributed by atoms with E-state index in [4.69, 9.17) is 0 Å². The predicted octanol–water partition coefficient (Wildman–Crippen LogP) is 1.90. The lowest BCUT2D eigenvalue weighted by molar-refractivity contribution is -0.138. The van der Waals surface area contributed by atoms with Gasteiger partial charge < -0.3 is 4.90 Å². The summed E-state index contributed by atoms with van der Waals surface area (Å²) in [6.07, 6.45) is 1.03. The number of hydrogen-bond donors (Lipinski definition) is 0. The molecule has 11 heavy (non-hydrogen) atoms. The first-order valence-electron chi connectivity index (χ1n) is 4.15. The average Bonchev–Trinajstić information content (AvgIpc) is 1.85. The van der Waals surface area contributed by atoms with Crippen LogP contribution in [0.2, 0.25) is 0 Å². The van der Waals surface area contributed by atoms with Gasteiger partial charge in [0.05, 0.1) is 0 Å². The molecule has 0 unspecified atom stereocenters. The Kier molecular flexibility index (Phi) is 3.56. The molecule has 0 aromatic rings. The molecule has 0 heterocycles. The van der Waals surface area contributed by atoms with Crippen LogP contribution in [-0.4, -0.2) is 24.4 Å². The molecule has 0 atom stereocenters. The van der Waals surface area contributed by atoms with Crippen LogP contribution in [0.3, 0.4) is 0 Å². The Morgan fingerprint density at radius 2 is 1.82 bits per heavy atom. The van der Waals surface area contributed by atoms with Gasteiger partial charge in [-0.3, -0.25) is 4.79 Å². The SMILES string of the molecule is CCCN(C)C(=O)C(C)(C)C. The van der Waals surface area contributed by atoms with Gasteiger partial charge in [-0.1, -0.05) is 27.7 Å². The summed E-state index contributed by atoms with van der Waals surface area (Å²) in [5, 5.41) is 0. The molecule has 0 saturated heterocycles. The van der Waals surface area contributed by atoms with Gasteiger partial charge in [0.2, 0.25) is 5.91 Å². The van der Waals surface area contributed by atoms with Crippen molar-refractivity contribution >= 4 is 5.91 Å². The smallest absolute Gasteiger partial charge is 0.227 e.